The van der Waals surface area contributed by atoms with Crippen LogP contribution in [-0.4, -0.2) is 21.1 Å². The van der Waals surface area contributed by atoms with E-state index in [1.807, 2.05) is 56.3 Å². The lowest BCUT2D eigenvalue weighted by Gasteiger charge is -2.14. The van der Waals surface area contributed by atoms with E-state index in [1.54, 1.807) is 18.6 Å². The predicted octanol–water partition coefficient (Wildman–Crippen LogP) is 4.41. The topological polar surface area (TPSA) is 79.9 Å². The molecule has 0 fully saturated rings. The summed E-state index contributed by atoms with van der Waals surface area (Å²) < 4.78 is 5.96. The van der Waals surface area contributed by atoms with Crippen LogP contribution in [0.4, 0.5) is 5.69 Å². The Balaban J connectivity index is 1.50. The molecule has 0 saturated carbocycles. The average molecular weight is 372 g/mol. The van der Waals surface area contributed by atoms with Gasteiger partial charge in [-0.25, -0.2) is 0 Å². The van der Waals surface area contributed by atoms with E-state index in [4.69, 9.17) is 4.74 Å². The zero-order valence-corrected chi connectivity index (χ0v) is 15.7. The molecule has 0 unspecified atom stereocenters. The van der Waals surface area contributed by atoms with Gasteiger partial charge < -0.3 is 10.1 Å². The molecule has 2 heterocycles. The van der Waals surface area contributed by atoms with Gasteiger partial charge in [0.15, 0.2) is 0 Å². The van der Waals surface area contributed by atoms with Crippen LogP contribution in [0.15, 0.2) is 61.1 Å². The van der Waals surface area contributed by atoms with Crippen LogP contribution in [0.5, 0.6) is 5.75 Å². The lowest BCUT2D eigenvalue weighted by Crippen LogP contribution is -2.13. The zero-order valence-electron chi connectivity index (χ0n) is 15.7. The molecule has 140 valence electrons. The minimum atomic E-state index is -0.163. The number of ether oxygens (including phenoxy) is 1. The molecule has 4 rings (SSSR count). The van der Waals surface area contributed by atoms with Gasteiger partial charge in [-0.05, 0) is 61.4 Å². The number of rotatable bonds is 5. The van der Waals surface area contributed by atoms with Crippen LogP contribution in [0, 0.1) is 13.8 Å². The van der Waals surface area contributed by atoms with Crippen molar-refractivity contribution in [3.05, 3.63) is 83.3 Å². The van der Waals surface area contributed by atoms with Crippen LogP contribution in [0.1, 0.15) is 27.0 Å². The smallest absolute Gasteiger partial charge is 0.255 e. The average Bonchev–Trinajstić information content (AvgIpc) is 3.16. The summed E-state index contributed by atoms with van der Waals surface area (Å²) in [6, 6.07) is 13.2. The van der Waals surface area contributed by atoms with Gasteiger partial charge in [0.2, 0.25) is 0 Å². The number of amides is 1. The summed E-state index contributed by atoms with van der Waals surface area (Å²) in [5, 5.41) is 10.8. The van der Waals surface area contributed by atoms with Crippen LogP contribution in [0.2, 0.25) is 0 Å². The molecule has 0 saturated heterocycles. The molecule has 0 aliphatic carbocycles. The van der Waals surface area contributed by atoms with Crippen molar-refractivity contribution in [1.29, 1.82) is 0 Å². The van der Waals surface area contributed by atoms with Crippen molar-refractivity contribution in [2.24, 2.45) is 0 Å². The highest BCUT2D eigenvalue weighted by molar-refractivity contribution is 6.05. The Morgan fingerprint density at radius 3 is 2.68 bits per heavy atom. The van der Waals surface area contributed by atoms with Crippen molar-refractivity contribution in [2.75, 3.05) is 5.32 Å². The van der Waals surface area contributed by atoms with Crippen molar-refractivity contribution >= 4 is 22.5 Å². The molecular formula is C22H20N4O2. The summed E-state index contributed by atoms with van der Waals surface area (Å²) in [5.74, 6) is 0.628. The lowest BCUT2D eigenvalue weighted by molar-refractivity contribution is 0.102. The largest absolute Gasteiger partial charge is 0.488 e. The molecule has 0 bridgehead atoms. The van der Waals surface area contributed by atoms with Crippen molar-refractivity contribution < 1.29 is 9.53 Å². The molecule has 2 aromatic carbocycles. The standard InChI is InChI=1S/C22H20N4O2/c1-14-8-18(9-15(2)21(14)28-13-16-4-3-7-23-11-16)22(27)25-19-6-5-17-12-24-26-20(17)10-19/h3-12H,13H2,1-2H3,(H,24,26)(H,25,27). The summed E-state index contributed by atoms with van der Waals surface area (Å²) in [5.41, 5.74) is 5.01. The lowest BCUT2D eigenvalue weighted by atomic mass is 10.0. The molecule has 2 N–H and O–H groups in total. The number of aryl methyl sites for hydroxylation is 2. The number of hydrogen-bond donors (Lipinski definition) is 2. The zero-order chi connectivity index (χ0) is 19.5. The van der Waals surface area contributed by atoms with Crippen molar-refractivity contribution in [3.8, 4) is 5.75 Å². The molecule has 4 aromatic rings. The van der Waals surface area contributed by atoms with Gasteiger partial charge in [-0.15, -0.1) is 0 Å². The van der Waals surface area contributed by atoms with E-state index < -0.39 is 0 Å². The number of pyridine rings is 1. The van der Waals surface area contributed by atoms with Crippen LogP contribution >= 0.6 is 0 Å². The number of aromatic nitrogens is 3. The number of aromatic amines is 1. The molecule has 28 heavy (non-hydrogen) atoms. The summed E-state index contributed by atoms with van der Waals surface area (Å²) in [4.78, 5) is 16.8. The molecule has 6 heteroatoms. The minimum absolute atomic E-state index is 0.163. The van der Waals surface area contributed by atoms with Crippen molar-refractivity contribution in [2.45, 2.75) is 20.5 Å². The number of anilines is 1. The van der Waals surface area contributed by atoms with Gasteiger partial charge in [-0.2, -0.15) is 5.10 Å². The molecule has 0 atom stereocenters. The van der Waals surface area contributed by atoms with Gasteiger partial charge in [0.25, 0.3) is 5.91 Å². The van der Waals surface area contributed by atoms with Crippen LogP contribution in [0.3, 0.4) is 0 Å². The fourth-order valence-electron chi connectivity index (χ4n) is 3.17. The first-order chi connectivity index (χ1) is 13.6. The fourth-order valence-corrected chi connectivity index (χ4v) is 3.17. The number of carbonyl (C=O) groups is 1. The molecular weight excluding hydrogens is 352 g/mol. The highest BCUT2D eigenvalue weighted by atomic mass is 16.5. The Morgan fingerprint density at radius 1 is 1.11 bits per heavy atom. The maximum atomic E-state index is 12.7. The van der Waals surface area contributed by atoms with E-state index >= 15 is 0 Å². The van der Waals surface area contributed by atoms with Crippen LogP contribution in [-0.2, 0) is 6.61 Å². The van der Waals surface area contributed by atoms with E-state index in [-0.39, 0.29) is 5.91 Å². The Kier molecular flexibility index (Phi) is 4.76. The Labute approximate surface area is 162 Å². The summed E-state index contributed by atoms with van der Waals surface area (Å²) in [7, 11) is 0. The van der Waals surface area contributed by atoms with Crippen LogP contribution in [0.25, 0.3) is 10.9 Å². The predicted molar refractivity (Wildman–Crippen MR) is 109 cm³/mol. The van der Waals surface area contributed by atoms with E-state index in [1.165, 1.54) is 0 Å². The molecule has 1 amide bonds. The second-order valence-corrected chi connectivity index (χ2v) is 6.72. The van der Waals surface area contributed by atoms with Crippen LogP contribution < -0.4 is 10.1 Å². The van der Waals surface area contributed by atoms with Gasteiger partial charge in [-0.3, -0.25) is 14.9 Å². The highest BCUT2D eigenvalue weighted by Crippen LogP contribution is 2.26. The van der Waals surface area contributed by atoms with E-state index in [9.17, 15) is 4.79 Å². The third-order valence-corrected chi connectivity index (χ3v) is 4.53. The Bertz CT molecular complexity index is 1110. The van der Waals surface area contributed by atoms with Gasteiger partial charge in [0, 0.05) is 34.6 Å². The molecule has 0 aliphatic heterocycles. The number of H-pyrrole nitrogens is 1. The Hall–Kier alpha value is -3.67. The number of fused-ring (bicyclic) bond motifs is 1. The summed E-state index contributed by atoms with van der Waals surface area (Å²) >= 11 is 0. The normalized spacial score (nSPS) is 10.8. The molecule has 2 aromatic heterocycles. The summed E-state index contributed by atoms with van der Waals surface area (Å²) in [6.45, 7) is 4.32. The quantitative estimate of drug-likeness (QED) is 0.544. The summed E-state index contributed by atoms with van der Waals surface area (Å²) in [6.07, 6.45) is 5.26. The first-order valence-electron chi connectivity index (χ1n) is 8.97. The first kappa shape index (κ1) is 17.7. The van der Waals surface area contributed by atoms with Gasteiger partial charge in [0.1, 0.15) is 12.4 Å². The van der Waals surface area contributed by atoms with Gasteiger partial charge >= 0.3 is 0 Å². The molecule has 0 radical (unpaired) electrons. The number of hydrogen-bond acceptors (Lipinski definition) is 4. The van der Waals surface area contributed by atoms with E-state index in [0.29, 0.717) is 17.9 Å². The second-order valence-electron chi connectivity index (χ2n) is 6.72. The molecule has 6 nitrogen and oxygen atoms in total. The second kappa shape index (κ2) is 7.52. The van der Waals surface area contributed by atoms with Crippen molar-refractivity contribution in [1.82, 2.24) is 15.2 Å². The van der Waals surface area contributed by atoms with Gasteiger partial charge in [-0.1, -0.05) is 6.07 Å². The monoisotopic (exact) mass is 372 g/mol. The van der Waals surface area contributed by atoms with E-state index in [0.717, 1.165) is 33.3 Å². The third-order valence-electron chi connectivity index (χ3n) is 4.53. The number of nitrogens with one attached hydrogen (secondary N) is 2. The number of benzene rings is 2. The SMILES string of the molecule is Cc1cc(C(=O)Nc2ccc3cn[nH]c3c2)cc(C)c1OCc1cccnc1. The molecule has 0 aliphatic rings. The van der Waals surface area contributed by atoms with Gasteiger partial charge in [0.05, 0.1) is 11.7 Å². The number of carbonyl (C=O) groups excluding carboxylic acids is 1. The maximum Gasteiger partial charge on any atom is 0.255 e. The highest BCUT2D eigenvalue weighted by Gasteiger charge is 2.13. The van der Waals surface area contributed by atoms with E-state index in [2.05, 4.69) is 20.5 Å². The minimum Gasteiger partial charge on any atom is -0.488 e. The Morgan fingerprint density at radius 2 is 1.93 bits per heavy atom. The maximum absolute atomic E-state index is 12.7. The fraction of sp³-hybridized carbons (Fsp3) is 0.136. The van der Waals surface area contributed by atoms with Crippen molar-refractivity contribution in [3.63, 3.8) is 0 Å². The number of nitrogens with zero attached hydrogens (tertiary/aromatic N) is 2. The molecule has 0 spiro atoms. The first-order valence-corrected chi connectivity index (χ1v) is 8.97. The third kappa shape index (κ3) is 3.71.